The Morgan fingerprint density at radius 3 is 2.58 bits per heavy atom. The van der Waals surface area contributed by atoms with Crippen molar-refractivity contribution < 1.29 is 9.47 Å². The Balaban J connectivity index is 2.54. The Morgan fingerprint density at radius 2 is 2.00 bits per heavy atom. The molecule has 0 amide bonds. The molecule has 19 heavy (non-hydrogen) atoms. The van der Waals surface area contributed by atoms with Crippen LogP contribution in [0.5, 0.6) is 5.75 Å². The van der Waals surface area contributed by atoms with Crippen molar-refractivity contribution in [3.05, 3.63) is 28.8 Å². The smallest absolute Gasteiger partial charge is 0.205 e. The lowest BCUT2D eigenvalue weighted by molar-refractivity contribution is -0.180. The van der Waals surface area contributed by atoms with E-state index in [4.69, 9.17) is 15.9 Å². The van der Waals surface area contributed by atoms with Crippen molar-refractivity contribution in [3.63, 3.8) is 0 Å². The van der Waals surface area contributed by atoms with Gasteiger partial charge in [0.25, 0.3) is 0 Å². The van der Waals surface area contributed by atoms with Crippen LogP contribution in [-0.4, -0.2) is 5.79 Å². The standard InChI is InChI=1S/C17H22O2/c1-7-8-12-9-14(16(2,3)4)10-13-11-18-17(5,6)19-15(12)13/h1,9-10H,8,11H2,2-6H3. The summed E-state index contributed by atoms with van der Waals surface area (Å²) in [6.07, 6.45) is 6.07. The summed E-state index contributed by atoms with van der Waals surface area (Å²) in [6.45, 7) is 11.0. The summed E-state index contributed by atoms with van der Waals surface area (Å²) in [5.41, 5.74) is 3.53. The van der Waals surface area contributed by atoms with Crippen molar-refractivity contribution in [2.75, 3.05) is 0 Å². The predicted molar refractivity (Wildman–Crippen MR) is 77.2 cm³/mol. The Morgan fingerprint density at radius 1 is 1.32 bits per heavy atom. The third-order valence-corrected chi connectivity index (χ3v) is 3.32. The molecule has 0 unspecified atom stereocenters. The largest absolute Gasteiger partial charge is 0.462 e. The maximum absolute atomic E-state index is 5.95. The fourth-order valence-electron chi connectivity index (χ4n) is 2.19. The highest BCUT2D eigenvalue weighted by atomic mass is 16.7. The van der Waals surface area contributed by atoms with Crippen molar-refractivity contribution in [2.24, 2.45) is 0 Å². The van der Waals surface area contributed by atoms with Crippen molar-refractivity contribution in [1.82, 2.24) is 0 Å². The lowest BCUT2D eigenvalue weighted by Crippen LogP contribution is -2.36. The van der Waals surface area contributed by atoms with Gasteiger partial charge in [0, 0.05) is 31.4 Å². The van der Waals surface area contributed by atoms with Crippen LogP contribution in [-0.2, 0) is 23.2 Å². The lowest BCUT2D eigenvalue weighted by Gasteiger charge is -2.35. The number of hydrogen-bond donors (Lipinski definition) is 0. The Bertz CT molecular complexity index is 527. The Kier molecular flexibility index (Phi) is 3.36. The first-order valence-electron chi connectivity index (χ1n) is 6.66. The van der Waals surface area contributed by atoms with E-state index in [1.165, 1.54) is 5.56 Å². The Hall–Kier alpha value is -1.46. The van der Waals surface area contributed by atoms with Crippen LogP contribution in [0.2, 0.25) is 0 Å². The first kappa shape index (κ1) is 14.0. The highest BCUT2D eigenvalue weighted by Crippen LogP contribution is 2.38. The first-order valence-corrected chi connectivity index (χ1v) is 6.66. The van der Waals surface area contributed by atoms with Crippen LogP contribution >= 0.6 is 0 Å². The lowest BCUT2D eigenvalue weighted by atomic mass is 9.84. The van der Waals surface area contributed by atoms with Gasteiger partial charge in [-0.25, -0.2) is 0 Å². The molecule has 0 bridgehead atoms. The molecule has 0 atom stereocenters. The fraction of sp³-hybridized carbons (Fsp3) is 0.529. The van der Waals surface area contributed by atoms with Crippen molar-refractivity contribution in [1.29, 1.82) is 0 Å². The minimum Gasteiger partial charge on any atom is -0.462 e. The molecular weight excluding hydrogens is 236 g/mol. The third-order valence-electron chi connectivity index (χ3n) is 3.32. The first-order chi connectivity index (χ1) is 8.73. The number of fused-ring (bicyclic) bond motifs is 1. The van der Waals surface area contributed by atoms with E-state index in [0.29, 0.717) is 13.0 Å². The van der Waals surface area contributed by atoms with Crippen LogP contribution < -0.4 is 4.74 Å². The van der Waals surface area contributed by atoms with Crippen molar-refractivity contribution in [2.45, 2.75) is 58.8 Å². The molecule has 2 heteroatoms. The van der Waals surface area contributed by atoms with Crippen molar-refractivity contribution in [3.8, 4) is 18.1 Å². The van der Waals surface area contributed by atoms with Crippen LogP contribution in [0.25, 0.3) is 0 Å². The highest BCUT2D eigenvalue weighted by Gasteiger charge is 2.30. The number of benzene rings is 1. The molecular formula is C17H22O2. The molecule has 1 aromatic carbocycles. The third kappa shape index (κ3) is 2.93. The minimum absolute atomic E-state index is 0.0886. The molecule has 0 spiro atoms. The SMILES string of the molecule is C#CCc1cc(C(C)(C)C)cc2c1OC(C)(C)OC2. The van der Waals surface area contributed by atoms with E-state index in [0.717, 1.165) is 16.9 Å². The van der Waals surface area contributed by atoms with Crippen LogP contribution in [0, 0.1) is 12.3 Å². The average molecular weight is 258 g/mol. The molecule has 0 saturated heterocycles. The van der Waals surface area contributed by atoms with Gasteiger partial charge in [-0.2, -0.15) is 0 Å². The number of rotatable bonds is 1. The maximum Gasteiger partial charge on any atom is 0.205 e. The minimum atomic E-state index is -0.584. The molecule has 1 heterocycles. The van der Waals surface area contributed by atoms with Crippen LogP contribution in [0.1, 0.15) is 51.3 Å². The van der Waals surface area contributed by atoms with Gasteiger partial charge in [0.1, 0.15) is 5.75 Å². The molecule has 0 aliphatic carbocycles. The average Bonchev–Trinajstić information content (AvgIpc) is 2.27. The molecule has 0 fully saturated rings. The molecule has 2 rings (SSSR count). The second kappa shape index (κ2) is 4.58. The quantitative estimate of drug-likeness (QED) is 0.713. The molecule has 0 N–H and O–H groups in total. The van der Waals surface area contributed by atoms with E-state index >= 15 is 0 Å². The van der Waals surface area contributed by atoms with Crippen LogP contribution in [0.4, 0.5) is 0 Å². The predicted octanol–water partition coefficient (Wildman–Crippen LogP) is 3.80. The molecule has 102 valence electrons. The van der Waals surface area contributed by atoms with Gasteiger partial charge in [-0.3, -0.25) is 0 Å². The second-order valence-electron chi connectivity index (χ2n) is 6.55. The summed E-state index contributed by atoms with van der Waals surface area (Å²) in [6, 6.07) is 4.34. The molecule has 2 nitrogen and oxygen atoms in total. The monoisotopic (exact) mass is 258 g/mol. The van der Waals surface area contributed by atoms with Gasteiger partial charge in [0.2, 0.25) is 5.79 Å². The zero-order valence-corrected chi connectivity index (χ0v) is 12.5. The summed E-state index contributed by atoms with van der Waals surface area (Å²) in [7, 11) is 0. The zero-order valence-electron chi connectivity index (χ0n) is 12.5. The molecule has 1 aromatic rings. The van der Waals surface area contributed by atoms with Gasteiger partial charge >= 0.3 is 0 Å². The summed E-state index contributed by atoms with van der Waals surface area (Å²) < 4.78 is 11.7. The van der Waals surface area contributed by atoms with Gasteiger partial charge in [0.05, 0.1) is 6.61 Å². The zero-order chi connectivity index (χ0) is 14.3. The van der Waals surface area contributed by atoms with Crippen LogP contribution in [0.3, 0.4) is 0 Å². The van der Waals surface area contributed by atoms with E-state index in [2.05, 4.69) is 38.8 Å². The summed E-state index contributed by atoms with van der Waals surface area (Å²) >= 11 is 0. The van der Waals surface area contributed by atoms with E-state index in [-0.39, 0.29) is 5.41 Å². The number of ether oxygens (including phenoxy) is 2. The van der Waals surface area contributed by atoms with Crippen LogP contribution in [0.15, 0.2) is 12.1 Å². The van der Waals surface area contributed by atoms with Gasteiger partial charge in [-0.1, -0.05) is 26.8 Å². The maximum atomic E-state index is 5.95. The Labute approximate surface area is 116 Å². The van der Waals surface area contributed by atoms with Gasteiger partial charge < -0.3 is 9.47 Å². The van der Waals surface area contributed by atoms with E-state index < -0.39 is 5.79 Å². The highest BCUT2D eigenvalue weighted by molar-refractivity contribution is 5.48. The molecule has 0 radical (unpaired) electrons. The van der Waals surface area contributed by atoms with Gasteiger partial charge in [-0.15, -0.1) is 12.3 Å². The van der Waals surface area contributed by atoms with Gasteiger partial charge in [-0.05, 0) is 17.0 Å². The fourth-order valence-corrected chi connectivity index (χ4v) is 2.19. The van der Waals surface area contributed by atoms with E-state index in [1.54, 1.807) is 0 Å². The molecule has 1 aliphatic rings. The molecule has 0 aromatic heterocycles. The summed E-state index contributed by atoms with van der Waals surface area (Å²) in [5, 5.41) is 0. The molecule has 0 saturated carbocycles. The van der Waals surface area contributed by atoms with E-state index in [9.17, 15) is 0 Å². The second-order valence-corrected chi connectivity index (χ2v) is 6.55. The van der Waals surface area contributed by atoms with Gasteiger partial charge in [0.15, 0.2) is 0 Å². The number of terminal acetylenes is 1. The number of hydrogen-bond acceptors (Lipinski definition) is 2. The van der Waals surface area contributed by atoms with Crippen molar-refractivity contribution >= 4 is 0 Å². The normalized spacial score (nSPS) is 17.3. The topological polar surface area (TPSA) is 18.5 Å². The summed E-state index contributed by atoms with van der Waals surface area (Å²) in [4.78, 5) is 0. The van der Waals surface area contributed by atoms with E-state index in [1.807, 2.05) is 13.8 Å². The molecule has 1 aliphatic heterocycles. The summed E-state index contributed by atoms with van der Waals surface area (Å²) in [5.74, 6) is 3.04.